The number of ether oxygens (including phenoxy) is 16. The molecule has 1 N–H and O–H groups in total. The van der Waals surface area contributed by atoms with Crippen LogP contribution in [-0.4, -0.2) is 217 Å². The van der Waals surface area contributed by atoms with E-state index >= 15 is 0 Å². The van der Waals surface area contributed by atoms with Crippen molar-refractivity contribution in [2.45, 2.75) is 52.4 Å². The maximum atomic E-state index is 8.60. The fourth-order valence-electron chi connectivity index (χ4n) is 6.23. The summed E-state index contributed by atoms with van der Waals surface area (Å²) in [6, 6.07) is 8.57. The molecule has 1 atom stereocenters. The number of aliphatic hydroxyl groups excluding tert-OH is 1. The topological polar surface area (TPSA) is 168 Å². The standard InChI is InChI=1S/C47H88O17/c1-5-10-47(4,43-44(2)3)45-6-8-46(9-7-45)64-42-41-63-40-39-62-38-37-61-36-35-60-34-33-59-32-31-58-30-29-57-28-27-56-26-25-55-24-23-54-22-21-53-20-19-52-18-17-51-16-15-50-14-13-49-12-11-48/h6-9,44,48H,5,10-43H2,1-4H3. The molecule has 1 unspecified atom stereocenters. The van der Waals surface area contributed by atoms with Crippen molar-refractivity contribution in [3.8, 4) is 5.75 Å². The second-order valence-electron chi connectivity index (χ2n) is 15.2. The first-order chi connectivity index (χ1) is 31.5. The molecular weight excluding hydrogens is 836 g/mol. The van der Waals surface area contributed by atoms with E-state index in [1.165, 1.54) is 24.8 Å². The molecule has 0 aromatic heterocycles. The fourth-order valence-corrected chi connectivity index (χ4v) is 6.23. The third-order valence-corrected chi connectivity index (χ3v) is 9.15. The van der Waals surface area contributed by atoms with E-state index in [1.54, 1.807) is 0 Å². The smallest absolute Gasteiger partial charge is 0.119 e. The molecule has 17 heteroatoms. The molecule has 0 amide bonds. The number of benzene rings is 1. The Bertz CT molecular complexity index is 1060. The van der Waals surface area contributed by atoms with Gasteiger partial charge in [-0.25, -0.2) is 0 Å². The Morgan fingerprint density at radius 1 is 0.375 bits per heavy atom. The van der Waals surface area contributed by atoms with Gasteiger partial charge in [-0.05, 0) is 41.9 Å². The van der Waals surface area contributed by atoms with Crippen molar-refractivity contribution < 1.29 is 80.9 Å². The van der Waals surface area contributed by atoms with Crippen LogP contribution in [-0.2, 0) is 76.5 Å². The van der Waals surface area contributed by atoms with Gasteiger partial charge in [-0.2, -0.15) is 0 Å². The first kappa shape index (κ1) is 60.4. The third-order valence-electron chi connectivity index (χ3n) is 9.15. The number of aliphatic hydroxyl groups is 1. The van der Waals surface area contributed by atoms with E-state index in [0.29, 0.717) is 211 Å². The molecule has 0 bridgehead atoms. The van der Waals surface area contributed by atoms with Gasteiger partial charge in [0.05, 0.1) is 205 Å². The Morgan fingerprint density at radius 2 is 0.609 bits per heavy atom. The van der Waals surface area contributed by atoms with Gasteiger partial charge in [0.25, 0.3) is 0 Å². The van der Waals surface area contributed by atoms with Gasteiger partial charge in [-0.1, -0.05) is 46.2 Å². The van der Waals surface area contributed by atoms with E-state index in [1.807, 2.05) is 0 Å². The summed E-state index contributed by atoms with van der Waals surface area (Å²) in [6.45, 7) is 24.6. The zero-order valence-electron chi connectivity index (χ0n) is 40.1. The van der Waals surface area contributed by atoms with E-state index in [-0.39, 0.29) is 12.0 Å². The van der Waals surface area contributed by atoms with E-state index in [4.69, 9.17) is 80.9 Å². The van der Waals surface area contributed by atoms with Crippen molar-refractivity contribution in [2.24, 2.45) is 5.92 Å². The summed E-state index contributed by atoms with van der Waals surface area (Å²) in [5.74, 6) is 1.54. The molecule has 0 aliphatic carbocycles. The molecule has 1 aromatic carbocycles. The Balaban J connectivity index is 1.68. The van der Waals surface area contributed by atoms with Crippen molar-refractivity contribution in [3.63, 3.8) is 0 Å². The van der Waals surface area contributed by atoms with E-state index in [2.05, 4.69) is 52.0 Å². The molecule has 378 valence electrons. The molecular formula is C47H88O17. The summed E-state index contributed by atoms with van der Waals surface area (Å²) in [5.41, 5.74) is 1.59. The van der Waals surface area contributed by atoms with Gasteiger partial charge in [0.1, 0.15) is 12.4 Å². The van der Waals surface area contributed by atoms with Crippen LogP contribution in [0.2, 0.25) is 0 Å². The molecule has 0 saturated carbocycles. The van der Waals surface area contributed by atoms with Crippen molar-refractivity contribution in [1.82, 2.24) is 0 Å². The zero-order valence-corrected chi connectivity index (χ0v) is 40.1. The quantitative estimate of drug-likeness (QED) is 0.0912. The zero-order chi connectivity index (χ0) is 46.1. The molecule has 1 aromatic rings. The maximum absolute atomic E-state index is 8.60. The second-order valence-corrected chi connectivity index (χ2v) is 15.2. The molecule has 0 fully saturated rings. The van der Waals surface area contributed by atoms with Crippen LogP contribution in [0.1, 0.15) is 52.5 Å². The Morgan fingerprint density at radius 3 is 0.828 bits per heavy atom. The molecule has 0 heterocycles. The Kier molecular flexibility index (Phi) is 45.2. The fraction of sp³-hybridized carbons (Fsp3) is 0.872. The van der Waals surface area contributed by atoms with Crippen LogP contribution in [0.5, 0.6) is 5.75 Å². The molecule has 0 saturated heterocycles. The molecule has 0 spiro atoms. The lowest BCUT2D eigenvalue weighted by Gasteiger charge is -2.32. The number of hydrogen-bond acceptors (Lipinski definition) is 17. The summed E-state index contributed by atoms with van der Waals surface area (Å²) in [6.07, 6.45) is 3.55. The average molecular weight is 925 g/mol. The van der Waals surface area contributed by atoms with Crippen LogP contribution >= 0.6 is 0 Å². The highest BCUT2D eigenvalue weighted by molar-refractivity contribution is 5.32. The predicted molar refractivity (Wildman–Crippen MR) is 243 cm³/mol. The number of hydrogen-bond donors (Lipinski definition) is 1. The van der Waals surface area contributed by atoms with Crippen LogP contribution < -0.4 is 4.74 Å². The molecule has 17 nitrogen and oxygen atoms in total. The summed E-state index contributed by atoms with van der Waals surface area (Å²) < 4.78 is 88.0. The SMILES string of the molecule is CCCC(C)(CC(C)C)c1ccc(OCCOCCOCCOCCOCCOCCOCCOCCOCCOCCOCCOCCOCCOCCOCCOCCO)cc1. The van der Waals surface area contributed by atoms with Gasteiger partial charge in [0.15, 0.2) is 0 Å². The minimum atomic E-state index is 0.0215. The van der Waals surface area contributed by atoms with Gasteiger partial charge in [0, 0.05) is 0 Å². The van der Waals surface area contributed by atoms with Crippen molar-refractivity contribution >= 4 is 0 Å². The van der Waals surface area contributed by atoms with Crippen LogP contribution in [0.3, 0.4) is 0 Å². The van der Waals surface area contributed by atoms with E-state index in [9.17, 15) is 0 Å². The van der Waals surface area contributed by atoms with Crippen molar-refractivity contribution in [1.29, 1.82) is 0 Å². The molecule has 0 aliphatic heterocycles. The molecule has 0 radical (unpaired) electrons. The largest absolute Gasteiger partial charge is 0.491 e. The van der Waals surface area contributed by atoms with E-state index < -0.39 is 0 Å². The van der Waals surface area contributed by atoms with Crippen LogP contribution in [0.25, 0.3) is 0 Å². The first-order valence-electron chi connectivity index (χ1n) is 23.5. The van der Waals surface area contributed by atoms with Gasteiger partial charge >= 0.3 is 0 Å². The lowest BCUT2D eigenvalue weighted by atomic mass is 9.73. The minimum Gasteiger partial charge on any atom is -0.491 e. The first-order valence-corrected chi connectivity index (χ1v) is 23.5. The van der Waals surface area contributed by atoms with E-state index in [0.717, 1.165) is 5.75 Å². The highest BCUT2D eigenvalue weighted by atomic mass is 16.6. The monoisotopic (exact) mass is 925 g/mol. The Labute approximate surface area is 385 Å². The van der Waals surface area contributed by atoms with Gasteiger partial charge in [-0.3, -0.25) is 0 Å². The van der Waals surface area contributed by atoms with Gasteiger partial charge in [0.2, 0.25) is 0 Å². The summed E-state index contributed by atoms with van der Waals surface area (Å²) >= 11 is 0. The summed E-state index contributed by atoms with van der Waals surface area (Å²) in [5, 5.41) is 8.60. The minimum absolute atomic E-state index is 0.0215. The van der Waals surface area contributed by atoms with Crippen molar-refractivity contribution in [2.75, 3.05) is 211 Å². The highest BCUT2D eigenvalue weighted by Gasteiger charge is 2.26. The summed E-state index contributed by atoms with van der Waals surface area (Å²) in [7, 11) is 0. The third kappa shape index (κ3) is 40.6. The Hall–Kier alpha value is -1.62. The molecule has 0 aliphatic rings. The second kappa shape index (κ2) is 47.9. The van der Waals surface area contributed by atoms with Crippen LogP contribution in [0.15, 0.2) is 24.3 Å². The predicted octanol–water partition coefficient (Wildman–Crippen LogP) is 4.41. The average Bonchev–Trinajstić information content (AvgIpc) is 3.28. The lowest BCUT2D eigenvalue weighted by molar-refractivity contribution is -0.0302. The number of rotatable bonds is 53. The highest BCUT2D eigenvalue weighted by Crippen LogP contribution is 2.36. The van der Waals surface area contributed by atoms with Crippen LogP contribution in [0, 0.1) is 5.92 Å². The molecule has 1 rings (SSSR count). The van der Waals surface area contributed by atoms with Gasteiger partial charge in [-0.15, -0.1) is 0 Å². The normalized spacial score (nSPS) is 12.7. The van der Waals surface area contributed by atoms with Crippen LogP contribution in [0.4, 0.5) is 0 Å². The lowest BCUT2D eigenvalue weighted by Crippen LogP contribution is -2.24. The maximum Gasteiger partial charge on any atom is 0.119 e. The molecule has 64 heavy (non-hydrogen) atoms. The van der Waals surface area contributed by atoms with Gasteiger partial charge < -0.3 is 80.9 Å². The van der Waals surface area contributed by atoms with Crippen molar-refractivity contribution in [3.05, 3.63) is 29.8 Å². The summed E-state index contributed by atoms with van der Waals surface area (Å²) in [4.78, 5) is 0.